The van der Waals surface area contributed by atoms with Gasteiger partial charge in [-0.05, 0) is 11.1 Å². The second kappa shape index (κ2) is 8.91. The molecule has 6 nitrogen and oxygen atoms in total. The number of aliphatic hydroxyl groups excluding tert-OH is 2. The maximum atomic E-state index is 11.5. The van der Waals surface area contributed by atoms with E-state index >= 15 is 0 Å². The van der Waals surface area contributed by atoms with Gasteiger partial charge in [-0.2, -0.15) is 0 Å². The SMILES string of the molecule is O=C1O[C@H]([C@@H](COCc2ccccc2)OCc2ccccc2)[C@H](O)[C@H]1O. The maximum Gasteiger partial charge on any atom is 0.338 e. The maximum absolute atomic E-state index is 11.5. The van der Waals surface area contributed by atoms with Crippen molar-refractivity contribution < 1.29 is 29.2 Å². The second-order valence-corrected chi connectivity index (χ2v) is 6.17. The molecule has 2 aromatic carbocycles. The minimum absolute atomic E-state index is 0.115. The van der Waals surface area contributed by atoms with Crippen molar-refractivity contribution >= 4 is 5.97 Å². The molecule has 0 aliphatic carbocycles. The number of aliphatic hydroxyl groups is 2. The summed E-state index contributed by atoms with van der Waals surface area (Å²) in [5.41, 5.74) is 1.94. The zero-order chi connectivity index (χ0) is 18.4. The zero-order valence-electron chi connectivity index (χ0n) is 14.2. The molecule has 0 radical (unpaired) electrons. The smallest absolute Gasteiger partial charge is 0.338 e. The Balaban J connectivity index is 1.62. The van der Waals surface area contributed by atoms with Gasteiger partial charge >= 0.3 is 5.97 Å². The van der Waals surface area contributed by atoms with Crippen molar-refractivity contribution in [3.8, 4) is 0 Å². The Hall–Kier alpha value is -2.25. The summed E-state index contributed by atoms with van der Waals surface area (Å²) in [6, 6.07) is 19.2. The van der Waals surface area contributed by atoms with Gasteiger partial charge in [0.05, 0.1) is 19.8 Å². The lowest BCUT2D eigenvalue weighted by atomic mass is 10.1. The van der Waals surface area contributed by atoms with Gasteiger partial charge in [-0.15, -0.1) is 0 Å². The van der Waals surface area contributed by atoms with Gasteiger partial charge in [0.15, 0.2) is 12.2 Å². The van der Waals surface area contributed by atoms with Gasteiger partial charge in [-0.25, -0.2) is 4.79 Å². The van der Waals surface area contributed by atoms with Crippen LogP contribution in [0.4, 0.5) is 0 Å². The fourth-order valence-electron chi connectivity index (χ4n) is 2.77. The lowest BCUT2D eigenvalue weighted by Gasteiger charge is -2.25. The van der Waals surface area contributed by atoms with Crippen LogP contribution >= 0.6 is 0 Å². The lowest BCUT2D eigenvalue weighted by Crippen LogP contribution is -2.42. The molecule has 1 fully saturated rings. The molecule has 0 aromatic heterocycles. The van der Waals surface area contributed by atoms with Crippen LogP contribution in [0.3, 0.4) is 0 Å². The lowest BCUT2D eigenvalue weighted by molar-refractivity contribution is -0.156. The molecule has 0 unspecified atom stereocenters. The van der Waals surface area contributed by atoms with E-state index in [1.165, 1.54) is 0 Å². The fraction of sp³-hybridized carbons (Fsp3) is 0.350. The molecule has 3 rings (SSSR count). The second-order valence-electron chi connectivity index (χ2n) is 6.17. The van der Waals surface area contributed by atoms with Gasteiger partial charge in [0.25, 0.3) is 0 Å². The van der Waals surface area contributed by atoms with E-state index in [0.717, 1.165) is 11.1 Å². The summed E-state index contributed by atoms with van der Waals surface area (Å²) < 4.78 is 16.6. The Kier molecular flexibility index (Phi) is 6.35. The van der Waals surface area contributed by atoms with Crippen LogP contribution in [0, 0.1) is 0 Å². The summed E-state index contributed by atoms with van der Waals surface area (Å²) >= 11 is 0. The first kappa shape index (κ1) is 18.5. The van der Waals surface area contributed by atoms with Crippen LogP contribution < -0.4 is 0 Å². The number of hydrogen-bond donors (Lipinski definition) is 2. The van der Waals surface area contributed by atoms with Crippen molar-refractivity contribution in [2.75, 3.05) is 6.61 Å². The van der Waals surface area contributed by atoms with Crippen molar-refractivity contribution in [2.45, 2.75) is 37.6 Å². The number of carbonyl (C=O) groups excluding carboxylic acids is 1. The van der Waals surface area contributed by atoms with E-state index < -0.39 is 30.4 Å². The van der Waals surface area contributed by atoms with Gasteiger partial charge in [0.2, 0.25) is 0 Å². The summed E-state index contributed by atoms with van der Waals surface area (Å²) in [6.45, 7) is 0.756. The van der Waals surface area contributed by atoms with Crippen LogP contribution in [-0.2, 0) is 32.2 Å². The first-order chi connectivity index (χ1) is 12.6. The Labute approximate surface area is 151 Å². The number of carbonyl (C=O) groups is 1. The van der Waals surface area contributed by atoms with Crippen LogP contribution in [0.15, 0.2) is 60.7 Å². The summed E-state index contributed by atoms with van der Waals surface area (Å²) in [7, 11) is 0. The minimum atomic E-state index is -1.56. The quantitative estimate of drug-likeness (QED) is 0.695. The highest BCUT2D eigenvalue weighted by Crippen LogP contribution is 2.22. The van der Waals surface area contributed by atoms with Gasteiger partial charge in [0, 0.05) is 0 Å². The van der Waals surface area contributed by atoms with Crippen LogP contribution in [0.1, 0.15) is 11.1 Å². The van der Waals surface area contributed by atoms with Crippen LogP contribution in [0.2, 0.25) is 0 Å². The molecule has 6 heteroatoms. The number of ether oxygens (including phenoxy) is 3. The van der Waals surface area contributed by atoms with Crippen LogP contribution in [-0.4, -0.2) is 47.2 Å². The highest BCUT2D eigenvalue weighted by Gasteiger charge is 2.47. The molecule has 2 aromatic rings. The Morgan fingerprint density at radius 2 is 1.50 bits per heavy atom. The van der Waals surface area contributed by atoms with Crippen LogP contribution in [0.5, 0.6) is 0 Å². The Bertz CT molecular complexity index is 690. The molecule has 0 bridgehead atoms. The molecule has 2 N–H and O–H groups in total. The molecule has 1 heterocycles. The molecular weight excluding hydrogens is 336 g/mol. The monoisotopic (exact) mass is 358 g/mol. The largest absolute Gasteiger partial charge is 0.455 e. The zero-order valence-corrected chi connectivity index (χ0v) is 14.2. The standard InChI is InChI=1S/C20H22O6/c21-17-18(22)20(23)26-19(17)16(25-12-15-9-5-2-6-10-15)13-24-11-14-7-3-1-4-8-14/h1-10,16-19,21-22H,11-13H2/t16-,17-,18-,19-/m1/s1. The molecule has 0 amide bonds. The van der Waals surface area contributed by atoms with Crippen molar-refractivity contribution in [3.05, 3.63) is 71.8 Å². The van der Waals surface area contributed by atoms with E-state index in [2.05, 4.69) is 0 Å². The number of esters is 1. The first-order valence-electron chi connectivity index (χ1n) is 8.49. The molecule has 26 heavy (non-hydrogen) atoms. The van der Waals surface area contributed by atoms with Gasteiger partial charge in [0.1, 0.15) is 12.2 Å². The number of rotatable bonds is 8. The molecule has 1 aliphatic heterocycles. The molecule has 1 saturated heterocycles. The summed E-state index contributed by atoms with van der Waals surface area (Å²) in [6.07, 6.45) is -4.58. The number of cyclic esters (lactones) is 1. The van der Waals surface area contributed by atoms with Gasteiger partial charge in [-0.3, -0.25) is 0 Å². The summed E-state index contributed by atoms with van der Waals surface area (Å²) in [5, 5.41) is 19.7. The van der Waals surface area contributed by atoms with E-state index in [1.54, 1.807) is 0 Å². The van der Waals surface area contributed by atoms with E-state index in [4.69, 9.17) is 14.2 Å². The Morgan fingerprint density at radius 3 is 2.04 bits per heavy atom. The molecular formula is C20H22O6. The van der Waals surface area contributed by atoms with Crippen LogP contribution in [0.25, 0.3) is 0 Å². The highest BCUT2D eigenvalue weighted by molar-refractivity contribution is 5.77. The highest BCUT2D eigenvalue weighted by atomic mass is 16.6. The normalized spacial score (nSPS) is 23.6. The van der Waals surface area contributed by atoms with Crippen molar-refractivity contribution in [1.82, 2.24) is 0 Å². The predicted molar refractivity (Wildman–Crippen MR) is 93.0 cm³/mol. The number of benzene rings is 2. The number of hydrogen-bond acceptors (Lipinski definition) is 6. The summed E-state index contributed by atoms with van der Waals surface area (Å²) in [5.74, 6) is -0.848. The third kappa shape index (κ3) is 4.68. The third-order valence-electron chi connectivity index (χ3n) is 4.22. The first-order valence-corrected chi connectivity index (χ1v) is 8.49. The topological polar surface area (TPSA) is 85.2 Å². The predicted octanol–water partition coefficient (Wildman–Crippen LogP) is 1.44. The molecule has 138 valence electrons. The van der Waals surface area contributed by atoms with Crippen molar-refractivity contribution in [3.63, 3.8) is 0 Å². The third-order valence-corrected chi connectivity index (χ3v) is 4.22. The van der Waals surface area contributed by atoms with E-state index in [0.29, 0.717) is 6.61 Å². The minimum Gasteiger partial charge on any atom is -0.455 e. The average Bonchev–Trinajstić information content (AvgIpc) is 2.93. The van der Waals surface area contributed by atoms with Crippen molar-refractivity contribution in [1.29, 1.82) is 0 Å². The van der Waals surface area contributed by atoms with Gasteiger partial charge < -0.3 is 24.4 Å². The summed E-state index contributed by atoms with van der Waals surface area (Å²) in [4.78, 5) is 11.5. The molecule has 4 atom stereocenters. The molecule has 1 aliphatic rings. The fourth-order valence-corrected chi connectivity index (χ4v) is 2.77. The molecule has 0 spiro atoms. The van der Waals surface area contributed by atoms with E-state index in [-0.39, 0.29) is 13.2 Å². The van der Waals surface area contributed by atoms with E-state index in [9.17, 15) is 15.0 Å². The Morgan fingerprint density at radius 1 is 0.923 bits per heavy atom. The van der Waals surface area contributed by atoms with Gasteiger partial charge in [-0.1, -0.05) is 60.7 Å². The van der Waals surface area contributed by atoms with Crippen molar-refractivity contribution in [2.24, 2.45) is 0 Å². The molecule has 0 saturated carbocycles. The average molecular weight is 358 g/mol. The van der Waals surface area contributed by atoms with E-state index in [1.807, 2.05) is 60.7 Å².